The molecule has 0 aliphatic rings. The van der Waals surface area contributed by atoms with Gasteiger partial charge in [-0.25, -0.2) is 13.8 Å². The molecule has 2 N–H and O–H groups in total. The molecule has 0 amide bonds. The molecule has 0 saturated heterocycles. The zero-order valence-corrected chi connectivity index (χ0v) is 8.17. The van der Waals surface area contributed by atoms with Gasteiger partial charge in [-0.1, -0.05) is 11.6 Å². The number of hydrogen-bond donors (Lipinski definition) is 1. The van der Waals surface area contributed by atoms with Crippen LogP contribution in [0.4, 0.5) is 20.5 Å². The maximum Gasteiger partial charge on any atom is 0.255 e. The van der Waals surface area contributed by atoms with E-state index in [2.05, 4.69) is 9.97 Å². The first-order chi connectivity index (χ1) is 6.49. The van der Waals surface area contributed by atoms with Crippen LogP contribution in [0.3, 0.4) is 0 Å². The van der Waals surface area contributed by atoms with Crippen LogP contribution in [0.1, 0.15) is 0 Å². The van der Waals surface area contributed by atoms with E-state index in [1.54, 1.807) is 0 Å². The largest absolute Gasteiger partial charge is 0.368 e. The normalized spacial score (nSPS) is 10.6. The second kappa shape index (κ2) is 4.36. The molecule has 1 rings (SSSR count). The van der Waals surface area contributed by atoms with Crippen molar-refractivity contribution in [2.24, 2.45) is 0 Å². The van der Waals surface area contributed by atoms with Gasteiger partial charge in [-0.15, -0.1) is 0 Å². The Morgan fingerprint density at radius 2 is 2.21 bits per heavy atom. The van der Waals surface area contributed by atoms with Crippen molar-refractivity contribution in [3.05, 3.63) is 11.2 Å². The lowest BCUT2D eigenvalue weighted by molar-refractivity contribution is 0.156. The highest BCUT2D eigenvalue weighted by molar-refractivity contribution is 6.29. The van der Waals surface area contributed by atoms with Crippen molar-refractivity contribution >= 4 is 23.4 Å². The van der Waals surface area contributed by atoms with Crippen molar-refractivity contribution in [1.82, 2.24) is 9.97 Å². The van der Waals surface area contributed by atoms with Crippen LogP contribution in [0.15, 0.2) is 6.07 Å². The minimum Gasteiger partial charge on any atom is -0.368 e. The summed E-state index contributed by atoms with van der Waals surface area (Å²) in [6.07, 6.45) is -2.44. The maximum atomic E-state index is 12.0. The summed E-state index contributed by atoms with van der Waals surface area (Å²) >= 11 is 5.59. The smallest absolute Gasteiger partial charge is 0.255 e. The molecular formula is C7H9ClF2N4. The van der Waals surface area contributed by atoms with E-state index < -0.39 is 13.0 Å². The Bertz CT molecular complexity index is 300. The number of nitrogens with zero attached hydrogens (tertiary/aromatic N) is 3. The first kappa shape index (κ1) is 10.9. The van der Waals surface area contributed by atoms with Crippen LogP contribution in [0, 0.1) is 0 Å². The van der Waals surface area contributed by atoms with Crippen LogP contribution in [0.5, 0.6) is 0 Å². The molecule has 4 nitrogen and oxygen atoms in total. The Morgan fingerprint density at radius 3 is 2.71 bits per heavy atom. The molecule has 1 heterocycles. The molecule has 0 aliphatic heterocycles. The highest BCUT2D eigenvalue weighted by Crippen LogP contribution is 2.16. The molecule has 0 bridgehead atoms. The number of hydrogen-bond acceptors (Lipinski definition) is 4. The molecule has 0 aliphatic carbocycles. The summed E-state index contributed by atoms with van der Waals surface area (Å²) in [5.41, 5.74) is 5.31. The Labute approximate surface area is 84.7 Å². The van der Waals surface area contributed by atoms with E-state index in [9.17, 15) is 8.78 Å². The Balaban J connectivity index is 2.84. The first-order valence-corrected chi connectivity index (χ1v) is 4.16. The molecule has 0 radical (unpaired) electrons. The van der Waals surface area contributed by atoms with E-state index in [1.807, 2.05) is 0 Å². The summed E-state index contributed by atoms with van der Waals surface area (Å²) in [5, 5.41) is 0.133. The fraction of sp³-hybridized carbons (Fsp3) is 0.429. The topological polar surface area (TPSA) is 55.0 Å². The Hall–Kier alpha value is -1.17. The van der Waals surface area contributed by atoms with Gasteiger partial charge in [0.05, 0.1) is 6.54 Å². The maximum absolute atomic E-state index is 12.0. The molecule has 0 atom stereocenters. The molecule has 1 aromatic heterocycles. The van der Waals surface area contributed by atoms with Crippen LogP contribution < -0.4 is 10.6 Å². The number of anilines is 2. The Morgan fingerprint density at radius 1 is 1.57 bits per heavy atom. The van der Waals surface area contributed by atoms with E-state index in [1.165, 1.54) is 18.0 Å². The van der Waals surface area contributed by atoms with Gasteiger partial charge in [0.25, 0.3) is 6.43 Å². The van der Waals surface area contributed by atoms with Crippen molar-refractivity contribution < 1.29 is 8.78 Å². The third-order valence-corrected chi connectivity index (χ3v) is 1.70. The van der Waals surface area contributed by atoms with Crippen molar-refractivity contribution in [3.8, 4) is 0 Å². The predicted octanol–water partition coefficient (Wildman–Crippen LogP) is 1.41. The zero-order chi connectivity index (χ0) is 10.7. The van der Waals surface area contributed by atoms with E-state index >= 15 is 0 Å². The fourth-order valence-electron chi connectivity index (χ4n) is 0.919. The van der Waals surface area contributed by atoms with Crippen molar-refractivity contribution in [1.29, 1.82) is 0 Å². The molecule has 0 unspecified atom stereocenters. The summed E-state index contributed by atoms with van der Waals surface area (Å²) in [6, 6.07) is 1.38. The standard InChI is InChI=1S/C7H9ClF2N4/c1-14(3-5(9)10)6-2-4(8)12-7(11)13-6/h2,5H,3H2,1H3,(H2,11,12,13). The lowest BCUT2D eigenvalue weighted by Crippen LogP contribution is -2.25. The summed E-state index contributed by atoms with van der Waals surface area (Å²) in [5.74, 6) is 0.247. The van der Waals surface area contributed by atoms with Gasteiger partial charge in [0, 0.05) is 13.1 Å². The molecule has 0 saturated carbocycles. The predicted molar refractivity (Wildman–Crippen MR) is 50.7 cm³/mol. The highest BCUT2D eigenvalue weighted by atomic mass is 35.5. The molecule has 7 heteroatoms. The SMILES string of the molecule is CN(CC(F)F)c1cc(Cl)nc(N)n1. The highest BCUT2D eigenvalue weighted by Gasteiger charge is 2.11. The number of aromatic nitrogens is 2. The molecule has 0 spiro atoms. The fourth-order valence-corrected chi connectivity index (χ4v) is 1.10. The van der Waals surface area contributed by atoms with Gasteiger partial charge in [0.1, 0.15) is 11.0 Å². The van der Waals surface area contributed by atoms with Crippen LogP contribution in [-0.4, -0.2) is 30.0 Å². The van der Waals surface area contributed by atoms with Crippen LogP contribution in [0.25, 0.3) is 0 Å². The lowest BCUT2D eigenvalue weighted by atomic mass is 10.5. The lowest BCUT2D eigenvalue weighted by Gasteiger charge is -2.17. The van der Waals surface area contributed by atoms with Gasteiger partial charge in [-0.2, -0.15) is 4.98 Å². The summed E-state index contributed by atoms with van der Waals surface area (Å²) in [7, 11) is 1.48. The number of rotatable bonds is 3. The van der Waals surface area contributed by atoms with E-state index in [-0.39, 0.29) is 16.9 Å². The minimum absolute atomic E-state index is 0.0337. The first-order valence-electron chi connectivity index (χ1n) is 3.78. The third kappa shape index (κ3) is 2.95. The summed E-state index contributed by atoms with van der Waals surface area (Å²) in [4.78, 5) is 8.63. The number of nitrogens with two attached hydrogens (primary N) is 1. The minimum atomic E-state index is -2.44. The van der Waals surface area contributed by atoms with Gasteiger partial charge in [-0.05, 0) is 0 Å². The molecule has 14 heavy (non-hydrogen) atoms. The second-order valence-corrected chi connectivity index (χ2v) is 3.07. The average Bonchev–Trinajstić information content (AvgIpc) is 2.00. The quantitative estimate of drug-likeness (QED) is 0.786. The van der Waals surface area contributed by atoms with Gasteiger partial charge >= 0.3 is 0 Å². The second-order valence-electron chi connectivity index (χ2n) is 2.68. The molecule has 1 aromatic rings. The van der Waals surface area contributed by atoms with Crippen molar-refractivity contribution in [2.75, 3.05) is 24.2 Å². The average molecular weight is 223 g/mol. The van der Waals surface area contributed by atoms with Crippen molar-refractivity contribution in [3.63, 3.8) is 0 Å². The van der Waals surface area contributed by atoms with Crippen LogP contribution >= 0.6 is 11.6 Å². The number of halogens is 3. The molecule has 78 valence electrons. The number of alkyl halides is 2. The van der Waals surface area contributed by atoms with E-state index in [0.717, 1.165) is 0 Å². The van der Waals surface area contributed by atoms with Gasteiger partial charge in [0.2, 0.25) is 5.95 Å². The monoisotopic (exact) mass is 222 g/mol. The van der Waals surface area contributed by atoms with Crippen LogP contribution in [-0.2, 0) is 0 Å². The van der Waals surface area contributed by atoms with Crippen molar-refractivity contribution in [2.45, 2.75) is 6.43 Å². The molecule has 0 fully saturated rings. The van der Waals surface area contributed by atoms with E-state index in [0.29, 0.717) is 0 Å². The molecule has 0 aromatic carbocycles. The summed E-state index contributed by atoms with van der Waals surface area (Å²) in [6.45, 7) is -0.424. The molecular weight excluding hydrogens is 214 g/mol. The van der Waals surface area contributed by atoms with E-state index in [4.69, 9.17) is 17.3 Å². The van der Waals surface area contributed by atoms with Gasteiger partial charge in [0.15, 0.2) is 0 Å². The van der Waals surface area contributed by atoms with Gasteiger partial charge in [-0.3, -0.25) is 0 Å². The zero-order valence-electron chi connectivity index (χ0n) is 7.41. The van der Waals surface area contributed by atoms with Crippen LogP contribution in [0.2, 0.25) is 5.15 Å². The summed E-state index contributed by atoms with van der Waals surface area (Å²) < 4.78 is 24.0. The number of nitrogen functional groups attached to an aromatic ring is 1. The Kier molecular flexibility index (Phi) is 3.40. The third-order valence-electron chi connectivity index (χ3n) is 1.50. The van der Waals surface area contributed by atoms with Gasteiger partial charge < -0.3 is 10.6 Å².